The predicted octanol–water partition coefficient (Wildman–Crippen LogP) is 3.64. The van der Waals surface area contributed by atoms with Crippen molar-refractivity contribution in [3.05, 3.63) is 11.6 Å². The Kier molecular flexibility index (Phi) is 4.66. The maximum Gasteiger partial charge on any atom is 0.240 e. The highest BCUT2D eigenvalue weighted by Crippen LogP contribution is 2.45. The van der Waals surface area contributed by atoms with E-state index in [-0.39, 0.29) is 6.04 Å². The molecule has 0 aromatic carbocycles. The lowest BCUT2D eigenvalue weighted by Crippen LogP contribution is -2.49. The molecule has 6 rings (SSSR count). The van der Waals surface area contributed by atoms with Gasteiger partial charge in [0.15, 0.2) is 0 Å². The number of aromatic nitrogens is 3. The Balaban J connectivity index is 1.18. The predicted molar refractivity (Wildman–Crippen MR) is 110 cm³/mol. The zero-order valence-electron chi connectivity index (χ0n) is 17.6. The van der Waals surface area contributed by atoms with Crippen LogP contribution < -0.4 is 0 Å². The van der Waals surface area contributed by atoms with E-state index in [1.165, 1.54) is 70.0 Å². The van der Waals surface area contributed by atoms with E-state index in [0.717, 1.165) is 44.2 Å². The third kappa shape index (κ3) is 3.41. The summed E-state index contributed by atoms with van der Waals surface area (Å²) in [7, 11) is 0. The molecule has 2 saturated heterocycles. The fraction of sp³-hybridized carbons (Fsp3) is 0.870. The lowest BCUT2D eigenvalue weighted by Gasteiger charge is -2.34. The van der Waals surface area contributed by atoms with Gasteiger partial charge in [-0.25, -0.2) is 0 Å². The highest BCUT2D eigenvalue weighted by molar-refractivity contribution is 5.82. The number of hydrogen-bond acceptors (Lipinski definition) is 4. The Labute approximate surface area is 174 Å². The zero-order chi connectivity index (χ0) is 19.4. The van der Waals surface area contributed by atoms with Crippen molar-refractivity contribution < 1.29 is 4.79 Å². The van der Waals surface area contributed by atoms with Gasteiger partial charge in [-0.05, 0) is 76.7 Å². The zero-order valence-corrected chi connectivity index (χ0v) is 17.6. The SMILES string of the molecule is O=C([C@@H]1CCCN1Cc1nnc(C2CC2)n1C1CC1)N1CCCC1C1CCCC1. The van der Waals surface area contributed by atoms with E-state index in [2.05, 4.69) is 24.6 Å². The third-order valence-electron chi connectivity index (χ3n) is 8.17. The number of carbonyl (C=O) groups is 1. The smallest absolute Gasteiger partial charge is 0.240 e. The van der Waals surface area contributed by atoms with Crippen LogP contribution in [0.15, 0.2) is 0 Å². The standard InChI is InChI=1S/C23H35N5O/c29-23(27-14-4-7-19(27)16-5-1-2-6-16)20-8-3-13-26(20)15-21-24-25-22(17-9-10-17)28(21)18-11-12-18/h16-20H,1-15H2/t19?,20-/m0/s1. The average Bonchev–Trinajstić information content (AvgIpc) is 3.48. The number of carbonyl (C=O) groups excluding carboxylic acids is 1. The summed E-state index contributed by atoms with van der Waals surface area (Å²) in [6, 6.07) is 1.20. The van der Waals surface area contributed by atoms with Gasteiger partial charge in [-0.2, -0.15) is 0 Å². The topological polar surface area (TPSA) is 54.3 Å². The molecule has 3 heterocycles. The van der Waals surface area contributed by atoms with Gasteiger partial charge >= 0.3 is 0 Å². The van der Waals surface area contributed by atoms with Crippen LogP contribution in [-0.4, -0.2) is 55.6 Å². The number of hydrogen-bond donors (Lipinski definition) is 0. The van der Waals surface area contributed by atoms with Gasteiger partial charge in [0.05, 0.1) is 12.6 Å². The van der Waals surface area contributed by atoms with Crippen LogP contribution in [-0.2, 0) is 11.3 Å². The summed E-state index contributed by atoms with van der Waals surface area (Å²) in [6.07, 6.45) is 15.0. The molecule has 5 aliphatic rings. The second-order valence-electron chi connectivity index (χ2n) is 10.3. The molecule has 3 aliphatic carbocycles. The molecule has 3 saturated carbocycles. The molecule has 1 aromatic heterocycles. The fourth-order valence-corrected chi connectivity index (χ4v) is 6.36. The summed E-state index contributed by atoms with van der Waals surface area (Å²) >= 11 is 0. The van der Waals surface area contributed by atoms with Gasteiger partial charge in [-0.1, -0.05) is 12.8 Å². The molecular formula is C23H35N5O. The highest BCUT2D eigenvalue weighted by Gasteiger charge is 2.42. The molecule has 1 amide bonds. The van der Waals surface area contributed by atoms with Crippen molar-refractivity contribution in [1.29, 1.82) is 0 Å². The monoisotopic (exact) mass is 397 g/mol. The van der Waals surface area contributed by atoms with E-state index in [9.17, 15) is 4.79 Å². The Hall–Kier alpha value is -1.43. The van der Waals surface area contributed by atoms with Crippen LogP contribution in [0.2, 0.25) is 0 Å². The molecule has 1 aromatic rings. The summed E-state index contributed by atoms with van der Waals surface area (Å²) in [5, 5.41) is 9.20. The van der Waals surface area contributed by atoms with Crippen molar-refractivity contribution in [3.8, 4) is 0 Å². The molecule has 6 heteroatoms. The van der Waals surface area contributed by atoms with E-state index < -0.39 is 0 Å². The molecule has 2 atom stereocenters. The van der Waals surface area contributed by atoms with E-state index in [1.54, 1.807) is 0 Å². The van der Waals surface area contributed by atoms with Crippen LogP contribution in [0, 0.1) is 5.92 Å². The van der Waals surface area contributed by atoms with Gasteiger partial charge in [0.25, 0.3) is 0 Å². The highest BCUT2D eigenvalue weighted by atomic mass is 16.2. The second-order valence-corrected chi connectivity index (χ2v) is 10.3. The average molecular weight is 398 g/mol. The first-order chi connectivity index (χ1) is 14.3. The van der Waals surface area contributed by atoms with E-state index in [0.29, 0.717) is 23.9 Å². The lowest BCUT2D eigenvalue weighted by atomic mass is 9.95. The first-order valence-corrected chi connectivity index (χ1v) is 12.3. The van der Waals surface area contributed by atoms with Crippen LogP contribution in [0.1, 0.15) is 101 Å². The van der Waals surface area contributed by atoms with Crippen LogP contribution in [0.5, 0.6) is 0 Å². The summed E-state index contributed by atoms with van der Waals surface area (Å²) in [5.74, 6) is 4.16. The molecule has 158 valence electrons. The third-order valence-corrected chi connectivity index (χ3v) is 8.17. The van der Waals surface area contributed by atoms with E-state index in [1.807, 2.05) is 0 Å². The molecule has 1 unspecified atom stereocenters. The molecule has 0 N–H and O–H groups in total. The van der Waals surface area contributed by atoms with E-state index >= 15 is 0 Å². The van der Waals surface area contributed by atoms with Crippen molar-refractivity contribution in [2.75, 3.05) is 13.1 Å². The van der Waals surface area contributed by atoms with E-state index in [4.69, 9.17) is 0 Å². The first-order valence-electron chi connectivity index (χ1n) is 12.3. The molecule has 0 spiro atoms. The van der Waals surface area contributed by atoms with Gasteiger partial charge in [0.2, 0.25) is 5.91 Å². The van der Waals surface area contributed by atoms with Crippen LogP contribution in [0.3, 0.4) is 0 Å². The lowest BCUT2D eigenvalue weighted by molar-refractivity contribution is -0.138. The fourth-order valence-electron chi connectivity index (χ4n) is 6.36. The quantitative estimate of drug-likeness (QED) is 0.735. The van der Waals surface area contributed by atoms with Crippen LogP contribution in [0.25, 0.3) is 0 Å². The Morgan fingerprint density at radius 3 is 2.41 bits per heavy atom. The van der Waals surface area contributed by atoms with Crippen molar-refractivity contribution >= 4 is 5.91 Å². The first kappa shape index (κ1) is 18.3. The van der Waals surface area contributed by atoms with Gasteiger partial charge in [0.1, 0.15) is 11.6 Å². The maximum absolute atomic E-state index is 13.6. The molecule has 5 fully saturated rings. The van der Waals surface area contributed by atoms with Gasteiger partial charge < -0.3 is 9.47 Å². The maximum atomic E-state index is 13.6. The minimum atomic E-state index is 0.0609. The molecule has 2 aliphatic heterocycles. The largest absolute Gasteiger partial charge is 0.338 e. The Morgan fingerprint density at radius 2 is 1.66 bits per heavy atom. The number of nitrogens with zero attached hydrogens (tertiary/aromatic N) is 5. The van der Waals surface area contributed by atoms with Crippen LogP contribution >= 0.6 is 0 Å². The Morgan fingerprint density at radius 1 is 0.862 bits per heavy atom. The van der Waals surface area contributed by atoms with Crippen molar-refractivity contribution in [2.24, 2.45) is 5.92 Å². The second kappa shape index (κ2) is 7.36. The van der Waals surface area contributed by atoms with Crippen LogP contribution in [0.4, 0.5) is 0 Å². The molecule has 0 bridgehead atoms. The van der Waals surface area contributed by atoms with Crippen molar-refractivity contribution in [1.82, 2.24) is 24.6 Å². The molecular weight excluding hydrogens is 362 g/mol. The Bertz CT molecular complexity index is 761. The minimum Gasteiger partial charge on any atom is -0.338 e. The van der Waals surface area contributed by atoms with Crippen molar-refractivity contribution in [3.63, 3.8) is 0 Å². The molecule has 29 heavy (non-hydrogen) atoms. The summed E-state index contributed by atoms with van der Waals surface area (Å²) < 4.78 is 2.45. The number of amides is 1. The summed E-state index contributed by atoms with van der Waals surface area (Å²) in [4.78, 5) is 18.3. The van der Waals surface area contributed by atoms with Gasteiger partial charge in [-0.3, -0.25) is 9.69 Å². The summed E-state index contributed by atoms with van der Waals surface area (Å²) in [5.41, 5.74) is 0. The van der Waals surface area contributed by atoms with Crippen molar-refractivity contribution in [2.45, 2.75) is 108 Å². The molecule has 0 radical (unpaired) electrons. The van der Waals surface area contributed by atoms with Gasteiger partial charge in [-0.15, -0.1) is 10.2 Å². The van der Waals surface area contributed by atoms with Gasteiger partial charge in [0, 0.05) is 24.5 Å². The molecule has 6 nitrogen and oxygen atoms in total. The normalized spacial score (nSPS) is 31.2. The number of likely N-dealkylation sites (tertiary alicyclic amines) is 2. The minimum absolute atomic E-state index is 0.0609. The summed E-state index contributed by atoms with van der Waals surface area (Å²) in [6.45, 7) is 2.80. The number of rotatable bonds is 6.